The molecule has 0 saturated carbocycles. The van der Waals surface area contributed by atoms with Crippen molar-refractivity contribution in [3.05, 3.63) is 91.5 Å². The fourth-order valence-electron chi connectivity index (χ4n) is 1.94. The Kier molecular flexibility index (Phi) is 4.35. The molecule has 0 aliphatic heterocycles. The van der Waals surface area contributed by atoms with E-state index >= 15 is 0 Å². The molecule has 0 aliphatic carbocycles. The summed E-state index contributed by atoms with van der Waals surface area (Å²) in [5.41, 5.74) is 0.495. The topological polar surface area (TPSA) is 113 Å². The summed E-state index contributed by atoms with van der Waals surface area (Å²) in [6, 6.07) is 12.6. The number of rotatable bonds is 5. The summed E-state index contributed by atoms with van der Waals surface area (Å²) >= 11 is 0. The predicted molar refractivity (Wildman–Crippen MR) is 78.7 cm³/mol. The Labute approximate surface area is 130 Å². The number of hydrogen-bond donors (Lipinski definition) is 0. The van der Waals surface area contributed by atoms with Gasteiger partial charge in [-0.15, -0.1) is 0 Å². The molecule has 2 aromatic carbocycles. The van der Waals surface area contributed by atoms with Gasteiger partial charge >= 0.3 is 11.8 Å². The zero-order valence-corrected chi connectivity index (χ0v) is 12.0. The van der Waals surface area contributed by atoms with E-state index in [-0.39, 0.29) is 11.1 Å². The average molecular weight is 316 g/mol. The van der Waals surface area contributed by atoms with E-state index in [4.69, 9.17) is 4.74 Å². The van der Waals surface area contributed by atoms with Crippen LogP contribution in [0.2, 0.25) is 0 Å². The number of hydrogen-bond acceptors (Lipinski definition) is 6. The summed E-state index contributed by atoms with van der Waals surface area (Å²) in [6.45, 7) is 1.79. The number of carbonyl (C=O) groups excluding carboxylic acids is 1. The molecule has 0 saturated heterocycles. The highest BCUT2D eigenvalue weighted by atomic mass is 16.8. The zero-order chi connectivity index (χ0) is 17.0. The minimum atomic E-state index is -3.19. The first-order valence-electron chi connectivity index (χ1n) is 6.52. The molecule has 8 heteroatoms. The molecular weight excluding hydrogens is 304 g/mol. The second-order valence-electron chi connectivity index (χ2n) is 4.74. The van der Waals surface area contributed by atoms with Crippen molar-refractivity contribution < 1.29 is 19.4 Å². The minimum absolute atomic E-state index is 0.0143. The van der Waals surface area contributed by atoms with Crippen LogP contribution in [0.4, 0.5) is 0 Å². The van der Waals surface area contributed by atoms with Gasteiger partial charge in [0.05, 0.1) is 5.56 Å². The molecule has 0 unspecified atom stereocenters. The van der Waals surface area contributed by atoms with Crippen molar-refractivity contribution in [1.82, 2.24) is 0 Å². The van der Waals surface area contributed by atoms with Gasteiger partial charge in [-0.05, 0) is 31.2 Å². The monoisotopic (exact) mass is 316 g/mol. The molecule has 0 spiro atoms. The van der Waals surface area contributed by atoms with Gasteiger partial charge in [0.2, 0.25) is 0 Å². The van der Waals surface area contributed by atoms with Gasteiger partial charge < -0.3 is 4.74 Å². The molecule has 0 heterocycles. The summed E-state index contributed by atoms with van der Waals surface area (Å²) in [4.78, 5) is 32.4. The largest absolute Gasteiger partial charge is 0.651 e. The maximum absolute atomic E-state index is 12.1. The highest BCUT2D eigenvalue weighted by molar-refractivity contribution is 5.89. The molecule has 0 bridgehead atoms. The third-order valence-corrected chi connectivity index (χ3v) is 3.17. The van der Waals surface area contributed by atoms with Gasteiger partial charge in [-0.2, -0.15) is 0 Å². The van der Waals surface area contributed by atoms with Crippen LogP contribution in [0.15, 0.2) is 54.6 Å². The van der Waals surface area contributed by atoms with Crippen molar-refractivity contribution in [2.75, 3.05) is 0 Å². The van der Waals surface area contributed by atoms with E-state index in [0.717, 1.165) is 17.7 Å². The van der Waals surface area contributed by atoms with Crippen molar-refractivity contribution in [3.8, 4) is 0 Å². The number of carbonyl (C=O) groups is 1. The second-order valence-corrected chi connectivity index (χ2v) is 4.74. The molecule has 2 aromatic rings. The lowest BCUT2D eigenvalue weighted by Gasteiger charge is -2.16. The molecule has 23 heavy (non-hydrogen) atoms. The van der Waals surface area contributed by atoms with E-state index in [9.17, 15) is 25.0 Å². The smallest absolute Gasteiger partial charge is 0.329 e. The van der Waals surface area contributed by atoms with E-state index < -0.39 is 21.7 Å². The SMILES string of the molecule is Cc1ccc(C(=O)OC(c2ccccc2)([N+](=O)[O-])[N+](=O)[O-])cc1. The highest BCUT2D eigenvalue weighted by Gasteiger charge is 2.63. The van der Waals surface area contributed by atoms with Gasteiger partial charge in [0.25, 0.3) is 0 Å². The van der Waals surface area contributed by atoms with Crippen LogP contribution in [0.25, 0.3) is 0 Å². The van der Waals surface area contributed by atoms with E-state index in [1.807, 2.05) is 0 Å². The maximum Gasteiger partial charge on any atom is 0.651 e. The average Bonchev–Trinajstić information content (AvgIpc) is 2.53. The normalized spacial score (nSPS) is 10.8. The van der Waals surface area contributed by atoms with E-state index in [1.54, 1.807) is 19.1 Å². The molecule has 0 amide bonds. The molecule has 118 valence electrons. The summed E-state index contributed by atoms with van der Waals surface area (Å²) in [6.07, 6.45) is 0. The Bertz CT molecular complexity index is 728. The Balaban J connectivity index is 2.47. The maximum atomic E-state index is 12.1. The lowest BCUT2D eigenvalue weighted by atomic mass is 10.1. The van der Waals surface area contributed by atoms with Crippen molar-refractivity contribution in [2.24, 2.45) is 0 Å². The molecular formula is C15H12N2O6. The molecule has 0 radical (unpaired) electrons. The lowest BCUT2D eigenvalue weighted by Crippen LogP contribution is -2.47. The predicted octanol–water partition coefficient (Wildman–Crippen LogP) is 2.52. The van der Waals surface area contributed by atoms with Crippen LogP contribution in [0.1, 0.15) is 21.5 Å². The molecule has 0 atom stereocenters. The van der Waals surface area contributed by atoms with Crippen LogP contribution in [0.3, 0.4) is 0 Å². The molecule has 0 aliphatic rings. The van der Waals surface area contributed by atoms with Crippen LogP contribution in [0.5, 0.6) is 0 Å². The number of ether oxygens (including phenoxy) is 1. The summed E-state index contributed by atoms with van der Waals surface area (Å²) in [7, 11) is 0. The zero-order valence-electron chi connectivity index (χ0n) is 12.0. The molecule has 2 rings (SSSR count). The Morgan fingerprint density at radius 2 is 1.48 bits per heavy atom. The van der Waals surface area contributed by atoms with Crippen molar-refractivity contribution in [3.63, 3.8) is 0 Å². The van der Waals surface area contributed by atoms with Gasteiger partial charge in [-0.1, -0.05) is 35.9 Å². The quantitative estimate of drug-likeness (QED) is 0.362. The summed E-state index contributed by atoms with van der Waals surface area (Å²) in [5.74, 6) is -4.34. The second kappa shape index (κ2) is 6.22. The number of esters is 1. The Hall–Kier alpha value is -3.29. The summed E-state index contributed by atoms with van der Waals surface area (Å²) < 4.78 is 4.74. The minimum Gasteiger partial charge on any atom is -0.329 e. The fourth-order valence-corrected chi connectivity index (χ4v) is 1.94. The van der Waals surface area contributed by atoms with Crippen LogP contribution >= 0.6 is 0 Å². The van der Waals surface area contributed by atoms with Crippen LogP contribution in [0, 0.1) is 27.2 Å². The van der Waals surface area contributed by atoms with Gasteiger partial charge in [0, 0.05) is 0 Å². The first-order valence-corrected chi connectivity index (χ1v) is 6.52. The number of aryl methyl sites for hydroxylation is 1. The van der Waals surface area contributed by atoms with E-state index in [0.29, 0.717) is 0 Å². The van der Waals surface area contributed by atoms with Crippen molar-refractivity contribution >= 4 is 5.97 Å². The third kappa shape index (κ3) is 3.00. The molecule has 0 aromatic heterocycles. The highest BCUT2D eigenvalue weighted by Crippen LogP contribution is 2.28. The van der Waals surface area contributed by atoms with Crippen LogP contribution in [-0.2, 0) is 10.6 Å². The van der Waals surface area contributed by atoms with Gasteiger partial charge in [-0.25, -0.2) is 4.79 Å². The van der Waals surface area contributed by atoms with Gasteiger partial charge in [0.15, 0.2) is 5.56 Å². The Morgan fingerprint density at radius 1 is 0.957 bits per heavy atom. The number of benzene rings is 2. The van der Waals surface area contributed by atoms with Gasteiger partial charge in [0.1, 0.15) is 9.85 Å². The third-order valence-electron chi connectivity index (χ3n) is 3.17. The van der Waals surface area contributed by atoms with Crippen LogP contribution < -0.4 is 0 Å². The van der Waals surface area contributed by atoms with Crippen LogP contribution in [-0.4, -0.2) is 15.8 Å². The Morgan fingerprint density at radius 3 is 1.96 bits per heavy atom. The standard InChI is InChI=1S/C15H12N2O6/c1-11-7-9-12(10-8-11)14(18)23-15(16(19)20,17(21)22)13-5-3-2-4-6-13/h2-10H,1H3. The molecule has 0 N–H and O–H groups in total. The summed E-state index contributed by atoms with van der Waals surface area (Å²) in [5, 5.41) is 22.7. The van der Waals surface area contributed by atoms with E-state index in [1.165, 1.54) is 30.3 Å². The number of nitro groups is 2. The van der Waals surface area contributed by atoms with E-state index in [2.05, 4.69) is 0 Å². The first kappa shape index (κ1) is 16.1. The van der Waals surface area contributed by atoms with Crippen molar-refractivity contribution in [1.29, 1.82) is 0 Å². The van der Waals surface area contributed by atoms with Crippen molar-refractivity contribution in [2.45, 2.75) is 12.8 Å². The van der Waals surface area contributed by atoms with Gasteiger partial charge in [-0.3, -0.25) is 20.2 Å². The molecule has 8 nitrogen and oxygen atoms in total. The number of nitrogens with zero attached hydrogens (tertiary/aromatic N) is 2. The fraction of sp³-hybridized carbons (Fsp3) is 0.133. The molecule has 0 fully saturated rings. The lowest BCUT2D eigenvalue weighted by molar-refractivity contribution is -0.858. The first-order chi connectivity index (χ1) is 10.9.